The second-order valence-corrected chi connectivity index (χ2v) is 7.09. The van der Waals surface area contributed by atoms with Gasteiger partial charge in [0.05, 0.1) is 26.3 Å². The van der Waals surface area contributed by atoms with Gasteiger partial charge >= 0.3 is 0 Å². The Kier molecular flexibility index (Phi) is 4.07. The molecule has 124 valence electrons. The fraction of sp³-hybridized carbons (Fsp3) is 0.667. The van der Waals surface area contributed by atoms with E-state index in [2.05, 4.69) is 4.98 Å². The van der Waals surface area contributed by atoms with Gasteiger partial charge in [0.25, 0.3) is 0 Å². The highest BCUT2D eigenvalue weighted by Gasteiger charge is 2.55. The van der Waals surface area contributed by atoms with Crippen molar-refractivity contribution in [2.75, 3.05) is 26.3 Å². The fourth-order valence-corrected chi connectivity index (χ4v) is 3.84. The summed E-state index contributed by atoms with van der Waals surface area (Å²) in [5.74, 6) is 1.03. The first-order chi connectivity index (χ1) is 11.3. The van der Waals surface area contributed by atoms with E-state index in [4.69, 9.17) is 9.47 Å². The van der Waals surface area contributed by atoms with Crippen molar-refractivity contribution >= 4 is 5.91 Å². The maximum atomic E-state index is 12.3. The summed E-state index contributed by atoms with van der Waals surface area (Å²) in [6.07, 6.45) is 7.95. The van der Waals surface area contributed by atoms with Gasteiger partial charge in [-0.15, -0.1) is 0 Å². The van der Waals surface area contributed by atoms with Crippen LogP contribution in [0.15, 0.2) is 24.5 Å². The average Bonchev–Trinajstić information content (AvgIpc) is 2.89. The molecular formula is C18H24N2O3. The first kappa shape index (κ1) is 15.1. The van der Waals surface area contributed by atoms with Crippen molar-refractivity contribution in [2.24, 2.45) is 11.8 Å². The van der Waals surface area contributed by atoms with E-state index in [0.717, 1.165) is 44.5 Å². The summed E-state index contributed by atoms with van der Waals surface area (Å²) in [6, 6.07) is 3.95. The highest BCUT2D eigenvalue weighted by atomic mass is 16.5. The monoisotopic (exact) mass is 316 g/mol. The van der Waals surface area contributed by atoms with E-state index < -0.39 is 0 Å². The lowest BCUT2D eigenvalue weighted by Crippen LogP contribution is -2.67. The number of hydrogen-bond donors (Lipinski definition) is 0. The Morgan fingerprint density at radius 1 is 1.30 bits per heavy atom. The van der Waals surface area contributed by atoms with Crippen LogP contribution in [0.4, 0.5) is 0 Å². The van der Waals surface area contributed by atoms with Crippen LogP contribution in [0.3, 0.4) is 0 Å². The van der Waals surface area contributed by atoms with Gasteiger partial charge in [-0.2, -0.15) is 0 Å². The van der Waals surface area contributed by atoms with Crippen molar-refractivity contribution in [3.05, 3.63) is 30.1 Å². The van der Waals surface area contributed by atoms with Gasteiger partial charge < -0.3 is 14.4 Å². The predicted molar refractivity (Wildman–Crippen MR) is 84.6 cm³/mol. The van der Waals surface area contributed by atoms with E-state index in [1.807, 2.05) is 17.0 Å². The number of rotatable bonds is 5. The van der Waals surface area contributed by atoms with Gasteiger partial charge in [0.15, 0.2) is 0 Å². The first-order valence-corrected chi connectivity index (χ1v) is 8.66. The molecule has 1 amide bonds. The smallest absolute Gasteiger partial charge is 0.225 e. The fourth-order valence-electron chi connectivity index (χ4n) is 3.84. The van der Waals surface area contributed by atoms with Crippen molar-refractivity contribution < 1.29 is 14.3 Å². The highest BCUT2D eigenvalue weighted by molar-refractivity contribution is 5.80. The van der Waals surface area contributed by atoms with Gasteiger partial charge in [0.1, 0.15) is 5.60 Å². The average molecular weight is 316 g/mol. The van der Waals surface area contributed by atoms with Gasteiger partial charge in [-0.05, 0) is 37.0 Å². The number of likely N-dealkylation sites (tertiary alicyclic amines) is 1. The van der Waals surface area contributed by atoms with Crippen molar-refractivity contribution in [2.45, 2.75) is 37.9 Å². The quantitative estimate of drug-likeness (QED) is 0.834. The van der Waals surface area contributed by atoms with E-state index in [1.165, 1.54) is 6.42 Å². The van der Waals surface area contributed by atoms with Crippen LogP contribution in [-0.4, -0.2) is 47.7 Å². The minimum absolute atomic E-state index is 0.141. The number of hydrogen-bond acceptors (Lipinski definition) is 4. The molecule has 1 aliphatic carbocycles. The molecule has 1 aromatic heterocycles. The van der Waals surface area contributed by atoms with E-state index in [9.17, 15) is 4.79 Å². The van der Waals surface area contributed by atoms with E-state index in [0.29, 0.717) is 25.0 Å². The molecule has 2 saturated heterocycles. The summed E-state index contributed by atoms with van der Waals surface area (Å²) in [5.41, 5.74) is 1.00. The number of carbonyl (C=O) groups excluding carboxylic acids is 1. The molecule has 5 heteroatoms. The number of pyridine rings is 1. The van der Waals surface area contributed by atoms with Crippen LogP contribution in [0.1, 0.15) is 31.2 Å². The second-order valence-electron chi connectivity index (χ2n) is 7.09. The topological polar surface area (TPSA) is 51.7 Å². The largest absolute Gasteiger partial charge is 0.376 e. The molecule has 5 nitrogen and oxygen atoms in total. The number of ether oxygens (including phenoxy) is 2. The maximum Gasteiger partial charge on any atom is 0.225 e. The standard InChI is InChI=1S/C18H24N2O3/c21-17(15-2-1-3-15)20-12-18(13-20)16(6-9-23-18)11-22-10-14-4-7-19-8-5-14/h4-5,7-8,15-16H,1-3,6,9-13H2/t16-/m0/s1. The molecular weight excluding hydrogens is 292 g/mol. The molecule has 1 atom stereocenters. The molecule has 0 aromatic carbocycles. The molecule has 23 heavy (non-hydrogen) atoms. The van der Waals surface area contributed by atoms with Crippen molar-refractivity contribution in [3.8, 4) is 0 Å². The van der Waals surface area contributed by atoms with Crippen molar-refractivity contribution in [1.29, 1.82) is 0 Å². The molecule has 1 spiro atoms. The Morgan fingerprint density at radius 2 is 2.09 bits per heavy atom. The van der Waals surface area contributed by atoms with E-state index >= 15 is 0 Å². The number of carbonyl (C=O) groups is 1. The van der Waals surface area contributed by atoms with Crippen LogP contribution >= 0.6 is 0 Å². The Balaban J connectivity index is 1.27. The lowest BCUT2D eigenvalue weighted by Gasteiger charge is -2.51. The van der Waals surface area contributed by atoms with Crippen LogP contribution in [0.25, 0.3) is 0 Å². The van der Waals surface area contributed by atoms with Crippen LogP contribution < -0.4 is 0 Å². The normalized spacial score (nSPS) is 26.1. The zero-order chi connectivity index (χ0) is 15.7. The molecule has 0 N–H and O–H groups in total. The highest BCUT2D eigenvalue weighted by Crippen LogP contribution is 2.42. The molecule has 0 radical (unpaired) electrons. The minimum atomic E-state index is -0.141. The molecule has 2 aliphatic heterocycles. The molecule has 1 aromatic rings. The lowest BCUT2D eigenvalue weighted by atomic mass is 9.78. The van der Waals surface area contributed by atoms with Gasteiger partial charge in [-0.25, -0.2) is 0 Å². The summed E-state index contributed by atoms with van der Waals surface area (Å²) in [4.78, 5) is 18.3. The maximum absolute atomic E-state index is 12.3. The summed E-state index contributed by atoms with van der Waals surface area (Å²) < 4.78 is 11.9. The third-order valence-corrected chi connectivity index (χ3v) is 5.62. The van der Waals surface area contributed by atoms with Crippen LogP contribution in [-0.2, 0) is 20.9 Å². The summed E-state index contributed by atoms with van der Waals surface area (Å²) >= 11 is 0. The van der Waals surface area contributed by atoms with Crippen LogP contribution in [0.5, 0.6) is 0 Å². The van der Waals surface area contributed by atoms with E-state index in [-0.39, 0.29) is 11.5 Å². The molecule has 3 fully saturated rings. The van der Waals surface area contributed by atoms with Crippen LogP contribution in [0.2, 0.25) is 0 Å². The third kappa shape index (κ3) is 2.88. The minimum Gasteiger partial charge on any atom is -0.376 e. The van der Waals surface area contributed by atoms with Gasteiger partial charge in [-0.1, -0.05) is 6.42 Å². The first-order valence-electron chi connectivity index (χ1n) is 8.66. The lowest BCUT2D eigenvalue weighted by molar-refractivity contribution is -0.174. The molecule has 0 bridgehead atoms. The van der Waals surface area contributed by atoms with Crippen LogP contribution in [0, 0.1) is 11.8 Å². The Hall–Kier alpha value is -1.46. The molecule has 1 saturated carbocycles. The molecule has 0 unspecified atom stereocenters. The number of amides is 1. The predicted octanol–water partition coefficient (Wildman–Crippen LogP) is 2.02. The number of nitrogens with zero attached hydrogens (tertiary/aromatic N) is 2. The zero-order valence-electron chi connectivity index (χ0n) is 13.4. The Labute approximate surface area is 137 Å². The van der Waals surface area contributed by atoms with E-state index in [1.54, 1.807) is 12.4 Å². The molecule has 3 aliphatic rings. The zero-order valence-corrected chi connectivity index (χ0v) is 13.4. The van der Waals surface area contributed by atoms with Crippen molar-refractivity contribution in [3.63, 3.8) is 0 Å². The molecule has 4 rings (SSSR count). The van der Waals surface area contributed by atoms with Crippen molar-refractivity contribution in [1.82, 2.24) is 9.88 Å². The number of aromatic nitrogens is 1. The van der Waals surface area contributed by atoms with Gasteiger partial charge in [0.2, 0.25) is 5.91 Å². The Bertz CT molecular complexity index is 553. The summed E-state index contributed by atoms with van der Waals surface area (Å²) in [6.45, 7) is 3.61. The molecule has 3 heterocycles. The Morgan fingerprint density at radius 3 is 2.78 bits per heavy atom. The third-order valence-electron chi connectivity index (χ3n) is 5.62. The summed E-state index contributed by atoms with van der Waals surface area (Å²) in [5, 5.41) is 0. The second kappa shape index (κ2) is 6.21. The van der Waals surface area contributed by atoms with Gasteiger partial charge in [0, 0.05) is 30.8 Å². The SMILES string of the molecule is O=C(C1CCC1)N1CC2(C1)OCC[C@H]2COCc1ccncc1. The van der Waals surface area contributed by atoms with Gasteiger partial charge in [-0.3, -0.25) is 9.78 Å². The summed E-state index contributed by atoms with van der Waals surface area (Å²) in [7, 11) is 0.